The zero-order chi connectivity index (χ0) is 21.1. The van der Waals surface area contributed by atoms with Crippen molar-refractivity contribution in [3.05, 3.63) is 101 Å². The molecule has 0 radical (unpaired) electrons. The monoisotopic (exact) mass is 373 g/mol. The third-order valence-corrected chi connectivity index (χ3v) is 4.29. The second-order valence-electron chi connectivity index (χ2n) is 7.30. The minimum Gasteiger partial charge on any atom is -0.249 e. The van der Waals surface area contributed by atoms with Crippen LogP contribution in [0, 0.1) is 6.92 Å². The normalized spacial score (nSPS) is 13.8. The third-order valence-electron chi connectivity index (χ3n) is 4.29. The van der Waals surface area contributed by atoms with Gasteiger partial charge in [-0.2, -0.15) is 0 Å². The van der Waals surface area contributed by atoms with Crippen LogP contribution in [-0.4, -0.2) is 5.71 Å². The molecular weight excluding hydrogens is 338 g/mol. The quantitative estimate of drug-likeness (QED) is 0.322. The highest BCUT2D eigenvalue weighted by Gasteiger charge is 2.03. The summed E-state index contributed by atoms with van der Waals surface area (Å²) in [5, 5.41) is 0. The molecule has 28 heavy (non-hydrogen) atoms. The fourth-order valence-electron chi connectivity index (χ4n) is 2.68. The third kappa shape index (κ3) is 7.92. The molecule has 0 fully saturated rings. The summed E-state index contributed by atoms with van der Waals surface area (Å²) in [7, 11) is 0. The van der Waals surface area contributed by atoms with Crippen molar-refractivity contribution >= 4 is 11.3 Å². The molecule has 0 heterocycles. The van der Waals surface area contributed by atoms with Crippen LogP contribution in [-0.2, 0) is 0 Å². The summed E-state index contributed by atoms with van der Waals surface area (Å²) in [5.41, 5.74) is 8.86. The molecule has 1 aromatic rings. The SMILES string of the molecule is C=C(N=C(C=C(C)C)/C(C)=C/CC)C(/C=C\C)=C/C=C(\C)c1ccc(C)cc1. The van der Waals surface area contributed by atoms with Gasteiger partial charge in [0, 0.05) is 0 Å². The summed E-state index contributed by atoms with van der Waals surface area (Å²) in [6.07, 6.45) is 13.6. The average Bonchev–Trinajstić information content (AvgIpc) is 2.64. The molecule has 0 unspecified atom stereocenters. The van der Waals surface area contributed by atoms with Gasteiger partial charge in [0.1, 0.15) is 0 Å². The van der Waals surface area contributed by atoms with Crippen molar-refractivity contribution in [2.24, 2.45) is 4.99 Å². The highest BCUT2D eigenvalue weighted by molar-refractivity contribution is 6.09. The Morgan fingerprint density at radius 2 is 1.68 bits per heavy atom. The zero-order valence-corrected chi connectivity index (χ0v) is 18.6. The number of aryl methyl sites for hydroxylation is 1. The molecule has 0 saturated heterocycles. The van der Waals surface area contributed by atoms with Crippen LogP contribution in [0.3, 0.4) is 0 Å². The molecule has 1 aromatic carbocycles. The lowest BCUT2D eigenvalue weighted by Crippen LogP contribution is -1.99. The van der Waals surface area contributed by atoms with Gasteiger partial charge in [0.25, 0.3) is 0 Å². The average molecular weight is 374 g/mol. The van der Waals surface area contributed by atoms with E-state index in [1.807, 2.05) is 13.0 Å². The summed E-state index contributed by atoms with van der Waals surface area (Å²) in [6, 6.07) is 8.59. The molecule has 1 nitrogen and oxygen atoms in total. The molecular formula is C27H35N. The fraction of sp³-hybridized carbons (Fsp3) is 0.296. The van der Waals surface area contributed by atoms with Crippen LogP contribution in [0.1, 0.15) is 59.1 Å². The summed E-state index contributed by atoms with van der Waals surface area (Å²) < 4.78 is 0. The van der Waals surface area contributed by atoms with Crippen molar-refractivity contribution in [3.8, 4) is 0 Å². The maximum atomic E-state index is 4.85. The standard InChI is InChI=1S/C27H35N/c1-9-11-23(7)27(19-20(3)4)28-24(8)26(12-10-2)18-15-22(6)25-16-13-21(5)14-17-25/h10-19H,8-9H2,1-7H3/b12-10-,22-15+,23-11+,26-18+,28-27?. The first-order chi connectivity index (χ1) is 13.3. The van der Waals surface area contributed by atoms with Crippen LogP contribution in [0.25, 0.3) is 5.57 Å². The molecule has 0 bridgehead atoms. The maximum Gasteiger partial charge on any atom is 0.0662 e. The van der Waals surface area contributed by atoms with Gasteiger partial charge in [0.2, 0.25) is 0 Å². The van der Waals surface area contributed by atoms with Crippen LogP contribution in [0.15, 0.2) is 94.7 Å². The van der Waals surface area contributed by atoms with Crippen LogP contribution in [0.4, 0.5) is 0 Å². The predicted octanol–water partition coefficient (Wildman–Crippen LogP) is 8.18. The number of hydrogen-bond donors (Lipinski definition) is 0. The Bertz CT molecular complexity index is 846. The van der Waals surface area contributed by atoms with Crippen LogP contribution in [0.5, 0.6) is 0 Å². The first kappa shape index (κ1) is 23.4. The van der Waals surface area contributed by atoms with E-state index in [0.717, 1.165) is 23.4 Å². The fourth-order valence-corrected chi connectivity index (χ4v) is 2.68. The Hall–Kier alpha value is -2.67. The highest BCUT2D eigenvalue weighted by Crippen LogP contribution is 2.19. The van der Waals surface area contributed by atoms with E-state index in [1.54, 1.807) is 0 Å². The number of rotatable bonds is 8. The second-order valence-corrected chi connectivity index (χ2v) is 7.30. The lowest BCUT2D eigenvalue weighted by molar-refractivity contribution is 1.20. The van der Waals surface area contributed by atoms with Crippen LogP contribution < -0.4 is 0 Å². The number of hydrogen-bond acceptors (Lipinski definition) is 1. The number of allylic oxidation sites excluding steroid dienone is 9. The second kappa shape index (κ2) is 11.9. The van der Waals surface area contributed by atoms with Gasteiger partial charge >= 0.3 is 0 Å². The maximum absolute atomic E-state index is 4.85. The van der Waals surface area contributed by atoms with Crippen LogP contribution in [0.2, 0.25) is 0 Å². The molecule has 0 aliphatic rings. The van der Waals surface area contributed by atoms with Gasteiger partial charge in [0.15, 0.2) is 0 Å². The molecule has 0 spiro atoms. The van der Waals surface area contributed by atoms with Crippen molar-refractivity contribution in [1.29, 1.82) is 0 Å². The predicted molar refractivity (Wildman–Crippen MR) is 128 cm³/mol. The van der Waals surface area contributed by atoms with Gasteiger partial charge < -0.3 is 0 Å². The highest BCUT2D eigenvalue weighted by atomic mass is 14.8. The Morgan fingerprint density at radius 3 is 2.21 bits per heavy atom. The molecule has 0 aliphatic carbocycles. The molecule has 0 saturated carbocycles. The number of nitrogens with zero attached hydrogens (tertiary/aromatic N) is 1. The topological polar surface area (TPSA) is 12.4 Å². The molecule has 1 rings (SSSR count). The minimum atomic E-state index is 0.766. The van der Waals surface area contributed by atoms with Gasteiger partial charge in [-0.1, -0.05) is 79.3 Å². The smallest absolute Gasteiger partial charge is 0.0662 e. The Kier molecular flexibility index (Phi) is 9.95. The van der Waals surface area contributed by atoms with Crippen molar-refractivity contribution in [1.82, 2.24) is 0 Å². The van der Waals surface area contributed by atoms with Gasteiger partial charge in [-0.25, -0.2) is 4.99 Å². The van der Waals surface area contributed by atoms with Gasteiger partial charge in [-0.15, -0.1) is 0 Å². The van der Waals surface area contributed by atoms with E-state index in [-0.39, 0.29) is 0 Å². The van der Waals surface area contributed by atoms with E-state index < -0.39 is 0 Å². The molecule has 0 aromatic heterocycles. The van der Waals surface area contributed by atoms with E-state index >= 15 is 0 Å². The molecule has 1 heteroatoms. The van der Waals surface area contributed by atoms with Gasteiger partial charge in [-0.05, 0) is 76.3 Å². The lowest BCUT2D eigenvalue weighted by Gasteiger charge is -2.07. The molecule has 0 aliphatic heterocycles. The summed E-state index contributed by atoms with van der Waals surface area (Å²) >= 11 is 0. The molecule has 0 amide bonds. The van der Waals surface area contributed by atoms with E-state index in [9.17, 15) is 0 Å². The Morgan fingerprint density at radius 1 is 1.04 bits per heavy atom. The Labute approximate surface area is 172 Å². The minimum absolute atomic E-state index is 0.766. The number of aliphatic imine (C=N–C) groups is 1. The first-order valence-corrected chi connectivity index (χ1v) is 9.96. The van der Waals surface area contributed by atoms with Gasteiger partial charge in [0.05, 0.1) is 11.4 Å². The summed E-state index contributed by atoms with van der Waals surface area (Å²) in [4.78, 5) is 4.85. The van der Waals surface area contributed by atoms with Gasteiger partial charge in [-0.3, -0.25) is 0 Å². The Balaban J connectivity index is 3.27. The van der Waals surface area contributed by atoms with E-state index in [4.69, 9.17) is 4.99 Å². The first-order valence-electron chi connectivity index (χ1n) is 9.96. The molecule has 148 valence electrons. The van der Waals surface area contributed by atoms with Crippen molar-refractivity contribution in [2.45, 2.75) is 54.9 Å². The van der Waals surface area contributed by atoms with E-state index in [1.165, 1.54) is 27.8 Å². The lowest BCUT2D eigenvalue weighted by atomic mass is 10.0. The van der Waals surface area contributed by atoms with Crippen molar-refractivity contribution in [3.63, 3.8) is 0 Å². The molecule has 0 N–H and O–H groups in total. The van der Waals surface area contributed by atoms with E-state index in [0.29, 0.717) is 0 Å². The summed E-state index contributed by atoms with van der Waals surface area (Å²) in [6.45, 7) is 18.9. The van der Waals surface area contributed by atoms with Crippen LogP contribution >= 0.6 is 0 Å². The van der Waals surface area contributed by atoms with E-state index in [2.05, 4.69) is 103 Å². The van der Waals surface area contributed by atoms with Crippen molar-refractivity contribution < 1.29 is 0 Å². The van der Waals surface area contributed by atoms with Crippen molar-refractivity contribution in [2.75, 3.05) is 0 Å². The summed E-state index contributed by atoms with van der Waals surface area (Å²) in [5.74, 6) is 0. The number of benzene rings is 1. The molecule has 0 atom stereocenters. The zero-order valence-electron chi connectivity index (χ0n) is 18.6. The largest absolute Gasteiger partial charge is 0.249 e.